The number of piperidine rings is 1. The zero-order chi connectivity index (χ0) is 16.4. The van der Waals surface area contributed by atoms with Crippen LogP contribution in [0.3, 0.4) is 0 Å². The zero-order valence-corrected chi connectivity index (χ0v) is 13.5. The summed E-state index contributed by atoms with van der Waals surface area (Å²) < 4.78 is 5.62. The Morgan fingerprint density at radius 3 is 2.78 bits per heavy atom. The largest absolute Gasteiger partial charge is 0.441 e. The molecule has 0 atom stereocenters. The minimum Gasteiger partial charge on any atom is -0.441 e. The average Bonchev–Trinajstić information content (AvgIpc) is 2.83. The van der Waals surface area contributed by atoms with Crippen molar-refractivity contribution in [1.82, 2.24) is 9.80 Å². The molecule has 2 fully saturated rings. The highest BCUT2D eigenvalue weighted by atomic mass is 32.1. The first kappa shape index (κ1) is 15.7. The number of ether oxygens (including phenoxy) is 1. The number of amides is 2. The molecular formula is C16H17N3O3S. The molecule has 0 radical (unpaired) electrons. The summed E-state index contributed by atoms with van der Waals surface area (Å²) in [5.74, 6) is 0. The van der Waals surface area contributed by atoms with E-state index in [-0.39, 0.29) is 11.3 Å². The fourth-order valence-corrected chi connectivity index (χ4v) is 3.34. The molecule has 0 N–H and O–H groups in total. The van der Waals surface area contributed by atoms with E-state index < -0.39 is 5.60 Å². The van der Waals surface area contributed by atoms with Crippen LogP contribution < -0.4 is 0 Å². The first-order chi connectivity index (χ1) is 11.0. The number of nitriles is 1. The Balaban J connectivity index is 1.66. The summed E-state index contributed by atoms with van der Waals surface area (Å²) in [6.45, 7) is 2.03. The summed E-state index contributed by atoms with van der Waals surface area (Å²) >= 11 is 3.83. The van der Waals surface area contributed by atoms with Gasteiger partial charge in [0.1, 0.15) is 5.60 Å². The molecule has 2 heterocycles. The van der Waals surface area contributed by atoms with Crippen molar-refractivity contribution in [1.29, 1.82) is 5.26 Å². The fraction of sp³-hybridized carbons (Fsp3) is 0.438. The van der Waals surface area contributed by atoms with E-state index in [4.69, 9.17) is 10.00 Å². The summed E-state index contributed by atoms with van der Waals surface area (Å²) in [5.41, 5.74) is 0.968. The van der Waals surface area contributed by atoms with E-state index in [1.54, 1.807) is 21.9 Å². The molecule has 2 aliphatic rings. The van der Waals surface area contributed by atoms with Crippen molar-refractivity contribution in [2.24, 2.45) is 0 Å². The Morgan fingerprint density at radius 1 is 1.39 bits per heavy atom. The molecule has 2 saturated heterocycles. The number of hydrogen-bond acceptors (Lipinski definition) is 4. The van der Waals surface area contributed by atoms with Gasteiger partial charge in [0.2, 0.25) is 0 Å². The third kappa shape index (κ3) is 3.27. The van der Waals surface area contributed by atoms with Gasteiger partial charge in [-0.25, -0.2) is 4.79 Å². The maximum Gasteiger partial charge on any atom is 0.410 e. The molecule has 1 aromatic carbocycles. The SMILES string of the molecule is N#Cc1cccc(CN2CC3(CCN(C(=O)S)CC3)OC2=O)c1. The average molecular weight is 331 g/mol. The number of thiol groups is 1. The van der Waals surface area contributed by atoms with E-state index in [1.807, 2.05) is 12.1 Å². The molecule has 6 nitrogen and oxygen atoms in total. The molecule has 23 heavy (non-hydrogen) atoms. The Labute approximate surface area is 140 Å². The zero-order valence-electron chi connectivity index (χ0n) is 12.6. The molecule has 0 aromatic heterocycles. The fourth-order valence-electron chi connectivity index (χ4n) is 3.14. The number of carbonyl (C=O) groups excluding carboxylic acids is 2. The topological polar surface area (TPSA) is 73.6 Å². The van der Waals surface area contributed by atoms with Crippen molar-refractivity contribution >= 4 is 24.0 Å². The Kier molecular flexibility index (Phi) is 4.18. The summed E-state index contributed by atoms with van der Waals surface area (Å²) in [6.07, 6.45) is 0.914. The van der Waals surface area contributed by atoms with Gasteiger partial charge < -0.3 is 9.64 Å². The van der Waals surface area contributed by atoms with Gasteiger partial charge in [0, 0.05) is 32.5 Å². The summed E-state index contributed by atoms with van der Waals surface area (Å²) in [6, 6.07) is 9.31. The maximum atomic E-state index is 12.2. The lowest BCUT2D eigenvalue weighted by Crippen LogP contribution is -2.47. The normalized spacial score (nSPS) is 19.6. The molecule has 1 spiro atoms. The van der Waals surface area contributed by atoms with Gasteiger partial charge in [-0.2, -0.15) is 5.26 Å². The van der Waals surface area contributed by atoms with Gasteiger partial charge in [-0.05, 0) is 17.7 Å². The number of hydrogen-bond donors (Lipinski definition) is 1. The lowest BCUT2D eigenvalue weighted by molar-refractivity contribution is 0.0120. The van der Waals surface area contributed by atoms with Crippen LogP contribution in [0.4, 0.5) is 9.59 Å². The van der Waals surface area contributed by atoms with Crippen LogP contribution >= 0.6 is 12.6 Å². The van der Waals surface area contributed by atoms with Crippen LogP contribution in [0.2, 0.25) is 0 Å². The second kappa shape index (κ2) is 6.13. The molecule has 1 aromatic rings. The Hall–Kier alpha value is -2.20. The van der Waals surface area contributed by atoms with Gasteiger partial charge in [0.15, 0.2) is 0 Å². The van der Waals surface area contributed by atoms with Gasteiger partial charge in [-0.1, -0.05) is 24.8 Å². The highest BCUT2D eigenvalue weighted by Crippen LogP contribution is 2.34. The van der Waals surface area contributed by atoms with Gasteiger partial charge in [-0.3, -0.25) is 9.69 Å². The van der Waals surface area contributed by atoms with E-state index in [2.05, 4.69) is 18.7 Å². The van der Waals surface area contributed by atoms with Crippen LogP contribution in [0, 0.1) is 11.3 Å². The molecule has 2 aliphatic heterocycles. The first-order valence-corrected chi connectivity index (χ1v) is 7.91. The molecule has 0 saturated carbocycles. The van der Waals surface area contributed by atoms with Gasteiger partial charge in [-0.15, -0.1) is 0 Å². The minimum atomic E-state index is -0.510. The minimum absolute atomic E-state index is 0.241. The van der Waals surface area contributed by atoms with E-state index >= 15 is 0 Å². The third-order valence-corrected chi connectivity index (χ3v) is 4.70. The number of carbonyl (C=O) groups is 2. The molecule has 0 unspecified atom stereocenters. The smallest absolute Gasteiger partial charge is 0.410 e. The number of nitrogens with zero attached hydrogens (tertiary/aromatic N) is 3. The van der Waals surface area contributed by atoms with Crippen molar-refractivity contribution in [3.05, 3.63) is 35.4 Å². The van der Waals surface area contributed by atoms with Crippen molar-refractivity contribution in [3.8, 4) is 6.07 Å². The van der Waals surface area contributed by atoms with Crippen LogP contribution in [-0.4, -0.2) is 46.4 Å². The van der Waals surface area contributed by atoms with Gasteiger partial charge in [0.05, 0.1) is 18.2 Å². The Bertz CT molecular complexity index is 677. The monoisotopic (exact) mass is 331 g/mol. The number of rotatable bonds is 2. The van der Waals surface area contributed by atoms with Gasteiger partial charge >= 0.3 is 6.09 Å². The Morgan fingerprint density at radius 2 is 2.13 bits per heavy atom. The van der Waals surface area contributed by atoms with Crippen LogP contribution in [0.15, 0.2) is 24.3 Å². The van der Waals surface area contributed by atoms with Crippen LogP contribution in [0.25, 0.3) is 0 Å². The lowest BCUT2D eigenvalue weighted by atomic mass is 9.91. The lowest BCUT2D eigenvalue weighted by Gasteiger charge is -2.36. The van der Waals surface area contributed by atoms with Crippen molar-refractivity contribution in [3.63, 3.8) is 0 Å². The second-order valence-electron chi connectivity index (χ2n) is 5.99. The highest BCUT2D eigenvalue weighted by molar-refractivity contribution is 7.96. The molecule has 7 heteroatoms. The van der Waals surface area contributed by atoms with Crippen LogP contribution in [-0.2, 0) is 11.3 Å². The number of likely N-dealkylation sites (tertiary alicyclic amines) is 1. The van der Waals surface area contributed by atoms with Crippen LogP contribution in [0.1, 0.15) is 24.0 Å². The van der Waals surface area contributed by atoms with Crippen molar-refractivity contribution in [2.75, 3.05) is 19.6 Å². The second-order valence-corrected chi connectivity index (χ2v) is 6.37. The quantitative estimate of drug-likeness (QED) is 0.845. The third-order valence-electron chi connectivity index (χ3n) is 4.42. The number of benzene rings is 1. The summed E-state index contributed by atoms with van der Waals surface area (Å²) in [7, 11) is 0. The van der Waals surface area contributed by atoms with Gasteiger partial charge in [0.25, 0.3) is 5.24 Å². The van der Waals surface area contributed by atoms with Crippen molar-refractivity contribution < 1.29 is 14.3 Å². The summed E-state index contributed by atoms with van der Waals surface area (Å²) in [5, 5.41) is 8.71. The molecule has 2 amide bonds. The summed E-state index contributed by atoms with van der Waals surface area (Å²) in [4.78, 5) is 26.8. The molecule has 120 valence electrons. The molecular weight excluding hydrogens is 314 g/mol. The standard InChI is InChI=1S/C16H17N3O3S/c17-9-12-2-1-3-13(8-12)10-19-11-16(22-14(19)20)4-6-18(7-5-16)15(21)23/h1-3,8H,4-7,10-11H2,(H,21,23). The maximum absolute atomic E-state index is 12.2. The molecule has 0 aliphatic carbocycles. The first-order valence-electron chi connectivity index (χ1n) is 7.46. The highest BCUT2D eigenvalue weighted by Gasteiger charge is 2.47. The van der Waals surface area contributed by atoms with E-state index in [1.165, 1.54) is 0 Å². The van der Waals surface area contributed by atoms with E-state index in [9.17, 15) is 9.59 Å². The van der Waals surface area contributed by atoms with E-state index in [0.29, 0.717) is 44.6 Å². The van der Waals surface area contributed by atoms with Crippen molar-refractivity contribution in [2.45, 2.75) is 25.0 Å². The molecule has 0 bridgehead atoms. The predicted octanol–water partition coefficient (Wildman–Crippen LogP) is 2.39. The van der Waals surface area contributed by atoms with Crippen LogP contribution in [0.5, 0.6) is 0 Å². The van der Waals surface area contributed by atoms with E-state index in [0.717, 1.165) is 5.56 Å². The predicted molar refractivity (Wildman–Crippen MR) is 86.0 cm³/mol. The molecule has 3 rings (SSSR count).